The van der Waals surface area contributed by atoms with Crippen LogP contribution in [0.1, 0.15) is 43.4 Å². The number of carbonyl (C=O) groups excluding carboxylic acids is 1. The Kier molecular flexibility index (Phi) is 6.42. The topological polar surface area (TPSA) is 88.2 Å². The maximum Gasteiger partial charge on any atom is 0.257 e. The molecule has 2 heterocycles. The number of rotatable bonds is 6. The predicted octanol–water partition coefficient (Wildman–Crippen LogP) is 3.21. The van der Waals surface area contributed by atoms with Gasteiger partial charge in [0.05, 0.1) is 25.8 Å². The first-order chi connectivity index (χ1) is 15.6. The lowest BCUT2D eigenvalue weighted by atomic mass is 9.79. The van der Waals surface area contributed by atoms with E-state index in [4.69, 9.17) is 5.73 Å². The van der Waals surface area contributed by atoms with E-state index in [1.807, 2.05) is 12.1 Å². The number of nitrogens with zero attached hydrogens (tertiary/aromatic N) is 2. The highest BCUT2D eigenvalue weighted by atomic mass is 19.3. The second kappa shape index (κ2) is 8.99. The Morgan fingerprint density at radius 2 is 1.88 bits per heavy atom. The third-order valence-corrected chi connectivity index (χ3v) is 7.30. The van der Waals surface area contributed by atoms with Gasteiger partial charge in [0.2, 0.25) is 5.92 Å². The summed E-state index contributed by atoms with van der Waals surface area (Å²) < 4.78 is 28.8. The number of nitrogens with two attached hydrogens (primary N) is 1. The van der Waals surface area contributed by atoms with E-state index in [0.717, 1.165) is 42.7 Å². The Labute approximate surface area is 193 Å². The molecule has 2 aromatic rings. The lowest BCUT2D eigenvalue weighted by Gasteiger charge is -2.41. The molecule has 4 rings (SSSR count). The van der Waals surface area contributed by atoms with Crippen molar-refractivity contribution in [2.45, 2.75) is 56.2 Å². The van der Waals surface area contributed by atoms with Crippen molar-refractivity contribution >= 4 is 11.7 Å². The fourth-order valence-corrected chi connectivity index (χ4v) is 5.32. The monoisotopic (exact) mass is 459 g/mol. The third-order valence-electron chi connectivity index (χ3n) is 7.30. The molecule has 178 valence electrons. The number of alkyl halides is 2. The van der Waals surface area contributed by atoms with E-state index in [2.05, 4.69) is 17.3 Å². The zero-order valence-electron chi connectivity index (χ0n) is 19.0. The van der Waals surface area contributed by atoms with Crippen LogP contribution in [0.2, 0.25) is 0 Å². The largest absolute Gasteiger partial charge is 0.384 e. The average Bonchev–Trinajstić information content (AvgIpc) is 3.15. The minimum absolute atomic E-state index is 0.110. The molecule has 1 aromatic heterocycles. The van der Waals surface area contributed by atoms with E-state index in [1.54, 1.807) is 36.4 Å². The molecule has 6 nitrogen and oxygen atoms in total. The average molecular weight is 460 g/mol. The summed E-state index contributed by atoms with van der Waals surface area (Å²) in [4.78, 5) is 17.8. The van der Waals surface area contributed by atoms with Gasteiger partial charge in [-0.25, -0.2) is 13.8 Å². The van der Waals surface area contributed by atoms with Gasteiger partial charge in [-0.15, -0.1) is 0 Å². The molecule has 33 heavy (non-hydrogen) atoms. The normalized spacial score (nSPS) is 28.7. The summed E-state index contributed by atoms with van der Waals surface area (Å²) in [5.41, 5.74) is 5.14. The van der Waals surface area contributed by atoms with Crippen LogP contribution in [0.3, 0.4) is 0 Å². The van der Waals surface area contributed by atoms with Crippen molar-refractivity contribution in [2.24, 2.45) is 5.92 Å². The Balaban J connectivity index is 1.44. The number of halogens is 2. The van der Waals surface area contributed by atoms with Crippen LogP contribution in [0.15, 0.2) is 48.5 Å². The van der Waals surface area contributed by atoms with Gasteiger partial charge in [-0.05, 0) is 24.1 Å². The summed E-state index contributed by atoms with van der Waals surface area (Å²) in [6, 6.07) is 14.0. The summed E-state index contributed by atoms with van der Waals surface area (Å²) in [5, 5.41) is 14.6. The second-order valence-electron chi connectivity index (χ2n) is 9.95. The van der Waals surface area contributed by atoms with Crippen LogP contribution in [0.5, 0.6) is 0 Å². The number of benzene rings is 1. The minimum atomic E-state index is -2.85. The standard InChI is InChI=1S/C25H32F2N4O2/c1-31(17-21-8-5-9-22(28)29-21)14-11-20(12-15-31)30-23(32)25(33,18-6-3-2-4-7-18)19-10-13-24(26,27)16-19/h2-9,19-20,33H,10-17H2,1H3,(H2-,28,29,30,32)/p+1/t19?,20?,25-,31?/m0/s1. The Bertz CT molecular complexity index is 979. The van der Waals surface area contributed by atoms with E-state index >= 15 is 0 Å². The summed E-state index contributed by atoms with van der Waals surface area (Å²) in [6.45, 7) is 2.40. The van der Waals surface area contributed by atoms with Gasteiger partial charge in [0.15, 0.2) is 5.60 Å². The van der Waals surface area contributed by atoms with Crippen LogP contribution < -0.4 is 11.1 Å². The van der Waals surface area contributed by atoms with Gasteiger partial charge in [0.25, 0.3) is 5.91 Å². The highest BCUT2D eigenvalue weighted by Gasteiger charge is 2.53. The summed E-state index contributed by atoms with van der Waals surface area (Å²) >= 11 is 0. The highest BCUT2D eigenvalue weighted by molar-refractivity contribution is 5.87. The summed E-state index contributed by atoms with van der Waals surface area (Å²) in [6.07, 6.45) is 0.779. The zero-order chi connectivity index (χ0) is 23.7. The number of carbonyl (C=O) groups is 1. The molecule has 2 aliphatic rings. The predicted molar refractivity (Wildman–Crippen MR) is 122 cm³/mol. The number of quaternary nitrogens is 1. The maximum absolute atomic E-state index is 14.0. The second-order valence-corrected chi connectivity index (χ2v) is 9.95. The van der Waals surface area contributed by atoms with E-state index in [9.17, 15) is 18.7 Å². The van der Waals surface area contributed by atoms with Crippen LogP contribution in [0, 0.1) is 5.92 Å². The van der Waals surface area contributed by atoms with Crippen molar-refractivity contribution in [3.63, 3.8) is 0 Å². The van der Waals surface area contributed by atoms with Crippen molar-refractivity contribution in [2.75, 3.05) is 25.9 Å². The van der Waals surface area contributed by atoms with Crippen molar-refractivity contribution in [3.8, 4) is 0 Å². The number of aliphatic hydroxyl groups is 1. The van der Waals surface area contributed by atoms with Gasteiger partial charge in [-0.2, -0.15) is 0 Å². The number of anilines is 1. The molecule has 4 N–H and O–H groups in total. The SMILES string of the molecule is C[N+]1(Cc2cccc(N)n2)CCC(NC(=O)[C@](O)(c2ccccc2)C2CCC(F)(F)C2)CC1. The molecule has 0 spiro atoms. The number of likely N-dealkylation sites (tertiary alicyclic amines) is 1. The molecule has 0 radical (unpaired) electrons. The van der Waals surface area contributed by atoms with Gasteiger partial charge < -0.3 is 20.6 Å². The smallest absolute Gasteiger partial charge is 0.257 e. The quantitative estimate of drug-likeness (QED) is 0.579. The maximum atomic E-state index is 14.0. The molecule has 1 aliphatic carbocycles. The van der Waals surface area contributed by atoms with Crippen LogP contribution in [-0.4, -0.2) is 52.6 Å². The summed E-state index contributed by atoms with van der Waals surface area (Å²) in [7, 11) is 2.16. The van der Waals surface area contributed by atoms with Crippen molar-refractivity contribution in [3.05, 3.63) is 59.8 Å². The number of amides is 1. The highest BCUT2D eigenvalue weighted by Crippen LogP contribution is 2.47. The molecule has 1 unspecified atom stereocenters. The minimum Gasteiger partial charge on any atom is -0.384 e. The third kappa shape index (κ3) is 5.17. The molecule has 1 amide bonds. The number of piperidine rings is 1. The van der Waals surface area contributed by atoms with Gasteiger partial charge >= 0.3 is 0 Å². The Hall–Kier alpha value is -2.58. The van der Waals surface area contributed by atoms with E-state index in [0.29, 0.717) is 11.4 Å². The van der Waals surface area contributed by atoms with Crippen LogP contribution >= 0.6 is 0 Å². The van der Waals surface area contributed by atoms with Gasteiger partial charge in [0.1, 0.15) is 12.4 Å². The zero-order valence-corrected chi connectivity index (χ0v) is 19.0. The lowest BCUT2D eigenvalue weighted by Crippen LogP contribution is -2.57. The molecule has 1 saturated carbocycles. The van der Waals surface area contributed by atoms with E-state index < -0.39 is 29.8 Å². The molecular weight excluding hydrogens is 426 g/mol. The molecule has 0 bridgehead atoms. The van der Waals surface area contributed by atoms with Crippen molar-refractivity contribution in [1.82, 2.24) is 10.3 Å². The lowest BCUT2D eigenvalue weighted by molar-refractivity contribution is -0.927. The van der Waals surface area contributed by atoms with E-state index in [1.165, 1.54) is 0 Å². The number of hydrogen-bond donors (Lipinski definition) is 3. The fraction of sp³-hybridized carbons (Fsp3) is 0.520. The molecule has 2 atom stereocenters. The van der Waals surface area contributed by atoms with Crippen molar-refractivity contribution < 1.29 is 23.2 Å². The molecular formula is C25H33F2N4O2+. The number of pyridine rings is 1. The number of hydrogen-bond acceptors (Lipinski definition) is 4. The van der Waals surface area contributed by atoms with Gasteiger partial charge in [-0.3, -0.25) is 4.79 Å². The molecule has 1 aliphatic heterocycles. The number of nitrogen functional groups attached to an aromatic ring is 1. The Morgan fingerprint density at radius 3 is 2.48 bits per heavy atom. The van der Waals surface area contributed by atoms with Gasteiger partial charge in [0, 0.05) is 37.6 Å². The van der Waals surface area contributed by atoms with Crippen molar-refractivity contribution in [1.29, 1.82) is 0 Å². The number of nitrogens with one attached hydrogen (secondary N) is 1. The molecule has 1 aromatic carbocycles. The first-order valence-electron chi connectivity index (χ1n) is 11.6. The summed E-state index contributed by atoms with van der Waals surface area (Å²) in [5.74, 6) is -3.75. The molecule has 8 heteroatoms. The molecule has 2 fully saturated rings. The van der Waals surface area contributed by atoms with Crippen LogP contribution in [0.25, 0.3) is 0 Å². The van der Waals surface area contributed by atoms with Gasteiger partial charge in [-0.1, -0.05) is 36.4 Å². The number of aromatic nitrogens is 1. The van der Waals surface area contributed by atoms with E-state index in [-0.39, 0.29) is 18.9 Å². The Morgan fingerprint density at radius 1 is 1.18 bits per heavy atom. The molecule has 1 saturated heterocycles. The van der Waals surface area contributed by atoms with Crippen LogP contribution in [-0.2, 0) is 16.9 Å². The van der Waals surface area contributed by atoms with Crippen LogP contribution in [0.4, 0.5) is 14.6 Å². The fourth-order valence-electron chi connectivity index (χ4n) is 5.32. The first kappa shape index (κ1) is 23.6. The first-order valence-corrected chi connectivity index (χ1v) is 11.6.